The van der Waals surface area contributed by atoms with Crippen LogP contribution in [-0.2, 0) is 6.42 Å². The SMILES string of the molecule is N#Cc1ccc(OCC2Cc3cc(F)ccc3O2)cc1F. The van der Waals surface area contributed by atoms with Crippen molar-refractivity contribution < 1.29 is 18.3 Å². The van der Waals surface area contributed by atoms with Crippen molar-refractivity contribution in [1.82, 2.24) is 0 Å². The number of ether oxygens (including phenoxy) is 2. The van der Waals surface area contributed by atoms with Gasteiger partial charge in [-0.2, -0.15) is 5.26 Å². The van der Waals surface area contributed by atoms with Gasteiger partial charge in [-0.3, -0.25) is 0 Å². The highest BCUT2D eigenvalue weighted by molar-refractivity contribution is 5.38. The summed E-state index contributed by atoms with van der Waals surface area (Å²) >= 11 is 0. The van der Waals surface area contributed by atoms with E-state index < -0.39 is 5.82 Å². The summed E-state index contributed by atoms with van der Waals surface area (Å²) in [5, 5.41) is 8.65. The van der Waals surface area contributed by atoms with E-state index >= 15 is 0 Å². The van der Waals surface area contributed by atoms with Crippen molar-refractivity contribution in [2.24, 2.45) is 0 Å². The average Bonchev–Trinajstić information content (AvgIpc) is 2.87. The van der Waals surface area contributed by atoms with Crippen LogP contribution in [0.1, 0.15) is 11.1 Å². The van der Waals surface area contributed by atoms with Crippen LogP contribution in [0.3, 0.4) is 0 Å². The topological polar surface area (TPSA) is 42.2 Å². The van der Waals surface area contributed by atoms with E-state index in [-0.39, 0.29) is 24.1 Å². The maximum atomic E-state index is 13.4. The van der Waals surface area contributed by atoms with Crippen molar-refractivity contribution in [3.63, 3.8) is 0 Å². The molecule has 0 spiro atoms. The molecule has 106 valence electrons. The monoisotopic (exact) mass is 287 g/mol. The van der Waals surface area contributed by atoms with Crippen LogP contribution in [0.4, 0.5) is 8.78 Å². The lowest BCUT2D eigenvalue weighted by Gasteiger charge is -2.12. The van der Waals surface area contributed by atoms with Crippen molar-refractivity contribution in [2.45, 2.75) is 12.5 Å². The molecule has 5 heteroatoms. The van der Waals surface area contributed by atoms with Gasteiger partial charge >= 0.3 is 0 Å². The number of fused-ring (bicyclic) bond motifs is 1. The molecule has 1 atom stereocenters. The zero-order valence-corrected chi connectivity index (χ0v) is 11.0. The van der Waals surface area contributed by atoms with Gasteiger partial charge in [-0.25, -0.2) is 8.78 Å². The number of benzene rings is 2. The molecule has 0 fully saturated rings. The molecule has 21 heavy (non-hydrogen) atoms. The molecule has 0 aromatic heterocycles. The minimum atomic E-state index is -0.618. The zero-order chi connectivity index (χ0) is 14.8. The summed E-state index contributed by atoms with van der Waals surface area (Å²) in [6.45, 7) is 0.224. The van der Waals surface area contributed by atoms with Crippen LogP contribution < -0.4 is 9.47 Å². The molecule has 1 aliphatic rings. The predicted octanol–water partition coefficient (Wildman–Crippen LogP) is 3.22. The van der Waals surface area contributed by atoms with Crippen molar-refractivity contribution in [3.05, 3.63) is 59.2 Å². The van der Waals surface area contributed by atoms with Crippen LogP contribution in [0.2, 0.25) is 0 Å². The van der Waals surface area contributed by atoms with Gasteiger partial charge in [0.2, 0.25) is 0 Å². The lowest BCUT2D eigenvalue weighted by Crippen LogP contribution is -2.22. The Hall–Kier alpha value is -2.61. The number of hydrogen-bond acceptors (Lipinski definition) is 3. The Labute approximate surface area is 120 Å². The average molecular weight is 287 g/mol. The molecule has 1 aliphatic heterocycles. The third-order valence-corrected chi connectivity index (χ3v) is 3.26. The van der Waals surface area contributed by atoms with Crippen molar-refractivity contribution >= 4 is 0 Å². The molecule has 2 aromatic rings. The normalized spacial score (nSPS) is 16.0. The fraction of sp³-hybridized carbons (Fsp3) is 0.188. The van der Waals surface area contributed by atoms with E-state index in [0.717, 1.165) is 5.56 Å². The predicted molar refractivity (Wildman–Crippen MR) is 71.1 cm³/mol. The second-order valence-corrected chi connectivity index (χ2v) is 4.76. The third-order valence-electron chi connectivity index (χ3n) is 3.26. The van der Waals surface area contributed by atoms with Gasteiger partial charge in [0.25, 0.3) is 0 Å². The van der Waals surface area contributed by atoms with Crippen LogP contribution in [0, 0.1) is 23.0 Å². The fourth-order valence-corrected chi connectivity index (χ4v) is 2.25. The zero-order valence-electron chi connectivity index (χ0n) is 11.0. The molecular weight excluding hydrogens is 276 g/mol. The third kappa shape index (κ3) is 2.79. The van der Waals surface area contributed by atoms with Crippen molar-refractivity contribution in [2.75, 3.05) is 6.61 Å². The van der Waals surface area contributed by atoms with Gasteiger partial charge in [0, 0.05) is 18.1 Å². The minimum Gasteiger partial charge on any atom is -0.490 e. The van der Waals surface area contributed by atoms with Gasteiger partial charge in [0.05, 0.1) is 5.56 Å². The summed E-state index contributed by atoms with van der Waals surface area (Å²) in [5.74, 6) is 0.0639. The van der Waals surface area contributed by atoms with Gasteiger partial charge in [0.1, 0.15) is 41.9 Å². The first-order valence-electron chi connectivity index (χ1n) is 6.43. The Morgan fingerprint density at radius 2 is 2.10 bits per heavy atom. The Morgan fingerprint density at radius 3 is 2.86 bits per heavy atom. The Morgan fingerprint density at radius 1 is 1.24 bits per heavy atom. The van der Waals surface area contributed by atoms with Crippen LogP contribution in [0.5, 0.6) is 11.5 Å². The molecule has 3 nitrogen and oxygen atoms in total. The molecule has 0 amide bonds. The number of hydrogen-bond donors (Lipinski definition) is 0. The molecule has 3 rings (SSSR count). The first kappa shape index (κ1) is 13.4. The van der Waals surface area contributed by atoms with Crippen LogP contribution in [0.15, 0.2) is 36.4 Å². The van der Waals surface area contributed by atoms with Gasteiger partial charge in [-0.15, -0.1) is 0 Å². The number of rotatable bonds is 3. The smallest absolute Gasteiger partial charge is 0.144 e. The molecule has 2 aromatic carbocycles. The number of halogens is 2. The first-order valence-corrected chi connectivity index (χ1v) is 6.43. The molecule has 0 N–H and O–H groups in total. The van der Waals surface area contributed by atoms with E-state index in [2.05, 4.69) is 0 Å². The highest BCUT2D eigenvalue weighted by Crippen LogP contribution is 2.29. The summed E-state index contributed by atoms with van der Waals surface area (Å²) in [5.41, 5.74) is 0.775. The summed E-state index contributed by atoms with van der Waals surface area (Å²) in [6.07, 6.45) is 0.312. The molecule has 0 saturated carbocycles. The van der Waals surface area contributed by atoms with Gasteiger partial charge < -0.3 is 9.47 Å². The second kappa shape index (κ2) is 5.41. The van der Waals surface area contributed by atoms with Gasteiger partial charge in [-0.05, 0) is 30.3 Å². The van der Waals surface area contributed by atoms with Crippen LogP contribution >= 0.6 is 0 Å². The van der Waals surface area contributed by atoms with E-state index in [1.54, 1.807) is 12.1 Å². The van der Waals surface area contributed by atoms with E-state index in [1.165, 1.54) is 30.3 Å². The fourth-order valence-electron chi connectivity index (χ4n) is 2.25. The lowest BCUT2D eigenvalue weighted by atomic mass is 10.1. The second-order valence-electron chi connectivity index (χ2n) is 4.76. The summed E-state index contributed by atoms with van der Waals surface area (Å²) in [6, 6.07) is 10.2. The molecule has 0 aliphatic carbocycles. The van der Waals surface area contributed by atoms with Crippen molar-refractivity contribution in [3.8, 4) is 17.6 Å². The van der Waals surface area contributed by atoms with Crippen LogP contribution in [0.25, 0.3) is 0 Å². The van der Waals surface area contributed by atoms with E-state index in [0.29, 0.717) is 17.9 Å². The number of nitrogens with zero attached hydrogens (tertiary/aromatic N) is 1. The molecule has 0 bridgehead atoms. The molecule has 1 heterocycles. The largest absolute Gasteiger partial charge is 0.490 e. The minimum absolute atomic E-state index is 0.0256. The van der Waals surface area contributed by atoms with E-state index in [9.17, 15) is 8.78 Å². The van der Waals surface area contributed by atoms with Crippen LogP contribution in [-0.4, -0.2) is 12.7 Å². The van der Waals surface area contributed by atoms with Gasteiger partial charge in [-0.1, -0.05) is 0 Å². The maximum absolute atomic E-state index is 13.4. The maximum Gasteiger partial charge on any atom is 0.144 e. The lowest BCUT2D eigenvalue weighted by molar-refractivity contribution is 0.148. The highest BCUT2D eigenvalue weighted by Gasteiger charge is 2.23. The first-order chi connectivity index (χ1) is 10.2. The Bertz CT molecular complexity index is 725. The summed E-state index contributed by atoms with van der Waals surface area (Å²) in [7, 11) is 0. The number of nitriles is 1. The summed E-state index contributed by atoms with van der Waals surface area (Å²) < 4.78 is 37.6. The molecule has 0 radical (unpaired) electrons. The van der Waals surface area contributed by atoms with Crippen molar-refractivity contribution in [1.29, 1.82) is 5.26 Å². The summed E-state index contributed by atoms with van der Waals surface area (Å²) in [4.78, 5) is 0. The molecular formula is C16H11F2NO2. The quantitative estimate of drug-likeness (QED) is 0.870. The van der Waals surface area contributed by atoms with E-state index in [1.807, 2.05) is 0 Å². The highest BCUT2D eigenvalue weighted by atomic mass is 19.1. The van der Waals surface area contributed by atoms with E-state index in [4.69, 9.17) is 14.7 Å². The Kier molecular flexibility index (Phi) is 3.44. The standard InChI is InChI=1S/C16H11F2NO2/c17-12-2-4-16-11(5-12)6-14(21-16)9-20-13-3-1-10(8-19)15(18)7-13/h1-5,7,14H,6,9H2. The Balaban J connectivity index is 1.62. The molecule has 0 saturated heterocycles. The molecule has 1 unspecified atom stereocenters. The van der Waals surface area contributed by atoms with Gasteiger partial charge in [0.15, 0.2) is 0 Å².